The second-order valence-electron chi connectivity index (χ2n) is 6.15. The number of aryl methyl sites for hydroxylation is 1. The number of fused-ring (bicyclic) bond motifs is 1. The van der Waals surface area contributed by atoms with Crippen LogP contribution in [0.25, 0.3) is 5.65 Å². The van der Waals surface area contributed by atoms with E-state index in [2.05, 4.69) is 10.1 Å². The van der Waals surface area contributed by atoms with Crippen LogP contribution in [0, 0.1) is 6.92 Å². The Bertz CT molecular complexity index is 947. The first kappa shape index (κ1) is 15.1. The number of amides is 1. The largest absolute Gasteiger partial charge is 0.338 e. The van der Waals surface area contributed by atoms with Gasteiger partial charge in [0.2, 0.25) is 0 Å². The van der Waals surface area contributed by atoms with Crippen molar-refractivity contribution >= 4 is 22.9 Å². The fourth-order valence-corrected chi connectivity index (χ4v) is 4.07. The highest BCUT2D eigenvalue weighted by Gasteiger charge is 2.26. The van der Waals surface area contributed by atoms with Crippen molar-refractivity contribution in [3.05, 3.63) is 56.3 Å². The Kier molecular flexibility index (Phi) is 3.72. The summed E-state index contributed by atoms with van der Waals surface area (Å²) in [4.78, 5) is 33.0. The van der Waals surface area contributed by atoms with Gasteiger partial charge in [-0.2, -0.15) is 0 Å². The fraction of sp³-hybridized carbons (Fsp3) is 0.353. The van der Waals surface area contributed by atoms with Crippen LogP contribution in [-0.4, -0.2) is 38.5 Å². The molecule has 24 heavy (non-hydrogen) atoms. The van der Waals surface area contributed by atoms with Gasteiger partial charge in [-0.3, -0.25) is 14.7 Å². The lowest BCUT2D eigenvalue weighted by molar-refractivity contribution is 0.0717. The van der Waals surface area contributed by atoms with Gasteiger partial charge >= 0.3 is 0 Å². The number of H-pyrrole nitrogens is 1. The molecule has 6 nitrogen and oxygen atoms in total. The molecule has 0 aromatic carbocycles. The topological polar surface area (TPSA) is 70.5 Å². The van der Waals surface area contributed by atoms with E-state index in [1.165, 1.54) is 15.9 Å². The quantitative estimate of drug-likeness (QED) is 0.777. The number of piperidine rings is 1. The molecule has 1 fully saturated rings. The number of aromatic nitrogens is 3. The van der Waals surface area contributed by atoms with Crippen LogP contribution in [0.2, 0.25) is 0 Å². The van der Waals surface area contributed by atoms with Crippen molar-refractivity contribution in [2.24, 2.45) is 0 Å². The standard InChI is InChI=1S/C17H18N4O2S/c1-11-2-3-14(24-11)17(23)20-8-5-12(6-9-20)13-10-16(22)21-15(19-13)4-7-18-21/h2-4,7,10,12,18H,5-6,8-9H2,1H3. The van der Waals surface area contributed by atoms with Crippen molar-refractivity contribution in [1.82, 2.24) is 19.5 Å². The molecule has 1 amide bonds. The van der Waals surface area contributed by atoms with Gasteiger partial charge in [0.25, 0.3) is 11.5 Å². The number of hydrogen-bond donors (Lipinski definition) is 1. The molecule has 0 aliphatic carbocycles. The summed E-state index contributed by atoms with van der Waals surface area (Å²) in [5, 5.41) is 2.85. The van der Waals surface area contributed by atoms with Crippen LogP contribution < -0.4 is 5.56 Å². The van der Waals surface area contributed by atoms with Crippen molar-refractivity contribution in [2.45, 2.75) is 25.7 Å². The van der Waals surface area contributed by atoms with E-state index in [9.17, 15) is 9.59 Å². The first-order valence-corrected chi connectivity index (χ1v) is 8.86. The molecule has 0 saturated carbocycles. The van der Waals surface area contributed by atoms with E-state index in [1.807, 2.05) is 24.0 Å². The zero-order valence-corrected chi connectivity index (χ0v) is 14.2. The summed E-state index contributed by atoms with van der Waals surface area (Å²) in [6, 6.07) is 7.28. The van der Waals surface area contributed by atoms with E-state index in [1.54, 1.807) is 18.3 Å². The summed E-state index contributed by atoms with van der Waals surface area (Å²) in [6.45, 7) is 3.41. The van der Waals surface area contributed by atoms with E-state index < -0.39 is 0 Å². The second kappa shape index (κ2) is 5.90. The Labute approximate surface area is 142 Å². The smallest absolute Gasteiger partial charge is 0.272 e. The maximum Gasteiger partial charge on any atom is 0.272 e. The molecule has 0 atom stereocenters. The summed E-state index contributed by atoms with van der Waals surface area (Å²) in [6.07, 6.45) is 3.38. The number of aromatic amines is 1. The van der Waals surface area contributed by atoms with E-state index >= 15 is 0 Å². The molecule has 0 spiro atoms. The number of hydrogen-bond acceptors (Lipinski definition) is 4. The van der Waals surface area contributed by atoms with Crippen LogP contribution in [0.4, 0.5) is 0 Å². The molecule has 3 aromatic rings. The second-order valence-corrected chi connectivity index (χ2v) is 7.44. The normalized spacial score (nSPS) is 16.0. The molecule has 0 radical (unpaired) electrons. The zero-order chi connectivity index (χ0) is 16.7. The monoisotopic (exact) mass is 342 g/mol. The van der Waals surface area contributed by atoms with E-state index in [-0.39, 0.29) is 17.4 Å². The summed E-state index contributed by atoms with van der Waals surface area (Å²) in [5.74, 6) is 0.340. The van der Waals surface area contributed by atoms with E-state index in [0.29, 0.717) is 18.7 Å². The number of rotatable bonds is 2. The Morgan fingerprint density at radius 1 is 1.29 bits per heavy atom. The molecule has 1 saturated heterocycles. The minimum atomic E-state index is -0.0902. The zero-order valence-electron chi connectivity index (χ0n) is 13.4. The number of carbonyl (C=O) groups is 1. The molecule has 0 unspecified atom stereocenters. The van der Waals surface area contributed by atoms with Crippen LogP contribution in [0.15, 0.2) is 35.3 Å². The Morgan fingerprint density at radius 2 is 2.08 bits per heavy atom. The van der Waals surface area contributed by atoms with E-state index in [4.69, 9.17) is 0 Å². The van der Waals surface area contributed by atoms with Gasteiger partial charge in [-0.15, -0.1) is 11.3 Å². The highest BCUT2D eigenvalue weighted by atomic mass is 32.1. The average Bonchev–Trinajstić information content (AvgIpc) is 3.23. The minimum absolute atomic E-state index is 0.0902. The van der Waals surface area contributed by atoms with Crippen molar-refractivity contribution in [3.63, 3.8) is 0 Å². The molecule has 124 valence electrons. The molecular formula is C17H18N4O2S. The number of likely N-dealkylation sites (tertiary alicyclic amines) is 1. The number of carbonyl (C=O) groups excluding carboxylic acids is 1. The average molecular weight is 342 g/mol. The van der Waals surface area contributed by atoms with Crippen LogP contribution in [0.5, 0.6) is 0 Å². The highest BCUT2D eigenvalue weighted by Crippen LogP contribution is 2.28. The first-order valence-electron chi connectivity index (χ1n) is 8.04. The Balaban J connectivity index is 1.49. The Morgan fingerprint density at radius 3 is 2.79 bits per heavy atom. The minimum Gasteiger partial charge on any atom is -0.338 e. The van der Waals surface area contributed by atoms with Crippen molar-refractivity contribution in [3.8, 4) is 0 Å². The lowest BCUT2D eigenvalue weighted by Gasteiger charge is -2.31. The number of nitrogens with zero attached hydrogens (tertiary/aromatic N) is 3. The molecule has 4 rings (SSSR count). The van der Waals surface area contributed by atoms with Crippen molar-refractivity contribution in [1.29, 1.82) is 0 Å². The molecule has 1 aliphatic rings. The maximum absolute atomic E-state index is 12.5. The van der Waals surface area contributed by atoms with Gasteiger partial charge in [-0.05, 0) is 31.9 Å². The van der Waals surface area contributed by atoms with Crippen LogP contribution in [0.3, 0.4) is 0 Å². The van der Waals surface area contributed by atoms with Gasteiger partial charge in [-0.25, -0.2) is 9.50 Å². The van der Waals surface area contributed by atoms with Gasteiger partial charge in [0.15, 0.2) is 5.65 Å². The molecule has 1 aliphatic heterocycles. The lowest BCUT2D eigenvalue weighted by atomic mass is 9.93. The maximum atomic E-state index is 12.5. The lowest BCUT2D eigenvalue weighted by Crippen LogP contribution is -2.38. The highest BCUT2D eigenvalue weighted by molar-refractivity contribution is 7.13. The van der Waals surface area contributed by atoms with Crippen molar-refractivity contribution < 1.29 is 4.79 Å². The Hall–Kier alpha value is -2.41. The third-order valence-electron chi connectivity index (χ3n) is 4.55. The summed E-state index contributed by atoms with van der Waals surface area (Å²) < 4.78 is 1.43. The molecule has 4 heterocycles. The van der Waals surface area contributed by atoms with Crippen LogP contribution in [0.1, 0.15) is 39.0 Å². The fourth-order valence-electron chi connectivity index (χ4n) is 3.24. The predicted molar refractivity (Wildman–Crippen MR) is 92.7 cm³/mol. The van der Waals surface area contributed by atoms with Gasteiger partial charge in [-0.1, -0.05) is 0 Å². The molecule has 7 heteroatoms. The number of thiophene rings is 1. The summed E-state index contributed by atoms with van der Waals surface area (Å²) in [7, 11) is 0. The SMILES string of the molecule is Cc1ccc(C(=O)N2CCC(c3cc(=O)n4[nH]ccc4n3)CC2)s1. The molecule has 3 aromatic heterocycles. The van der Waals surface area contributed by atoms with Crippen LogP contribution in [-0.2, 0) is 0 Å². The third kappa shape index (κ3) is 2.65. The summed E-state index contributed by atoms with van der Waals surface area (Å²) in [5.41, 5.74) is 1.39. The predicted octanol–water partition coefficient (Wildman–Crippen LogP) is 2.41. The first-order chi connectivity index (χ1) is 11.6. The molecule has 0 bridgehead atoms. The van der Waals surface area contributed by atoms with Gasteiger partial charge in [0, 0.05) is 42.2 Å². The van der Waals surface area contributed by atoms with Crippen LogP contribution >= 0.6 is 11.3 Å². The number of nitrogens with one attached hydrogen (secondary N) is 1. The molecule has 1 N–H and O–H groups in total. The van der Waals surface area contributed by atoms with Gasteiger partial charge < -0.3 is 4.90 Å². The third-order valence-corrected chi connectivity index (χ3v) is 5.54. The van der Waals surface area contributed by atoms with E-state index in [0.717, 1.165) is 28.3 Å². The van der Waals surface area contributed by atoms with Crippen molar-refractivity contribution in [2.75, 3.05) is 13.1 Å². The van der Waals surface area contributed by atoms with Gasteiger partial charge in [0.05, 0.1) is 10.6 Å². The summed E-state index contributed by atoms with van der Waals surface area (Å²) >= 11 is 1.54. The van der Waals surface area contributed by atoms with Gasteiger partial charge in [0.1, 0.15) is 0 Å². The molecular weight excluding hydrogens is 324 g/mol.